The lowest BCUT2D eigenvalue weighted by molar-refractivity contribution is 0.479. The summed E-state index contributed by atoms with van der Waals surface area (Å²) in [5.41, 5.74) is 16.2. The van der Waals surface area contributed by atoms with Crippen LogP contribution < -0.4 is 20.3 Å². The summed E-state index contributed by atoms with van der Waals surface area (Å²) >= 11 is 0. The summed E-state index contributed by atoms with van der Waals surface area (Å²) in [6.07, 6.45) is 0. The second-order valence-corrected chi connectivity index (χ2v) is 15.6. The van der Waals surface area contributed by atoms with Crippen LogP contribution in [0.4, 0.5) is 0 Å². The van der Waals surface area contributed by atoms with E-state index in [1.165, 1.54) is 21.8 Å². The van der Waals surface area contributed by atoms with E-state index in [0.717, 1.165) is 100 Å². The van der Waals surface area contributed by atoms with Crippen molar-refractivity contribution in [1.82, 2.24) is 4.57 Å². The van der Waals surface area contributed by atoms with E-state index in [0.29, 0.717) is 0 Å². The van der Waals surface area contributed by atoms with E-state index in [1.807, 2.05) is 12.1 Å². The van der Waals surface area contributed by atoms with Crippen molar-refractivity contribution in [1.29, 1.82) is 0 Å². The van der Waals surface area contributed by atoms with Gasteiger partial charge in [0, 0.05) is 43.7 Å². The maximum absolute atomic E-state index is 6.95. The highest BCUT2D eigenvalue weighted by molar-refractivity contribution is 6.84. The molecular weight excluding hydrogens is 721 g/mol. The van der Waals surface area contributed by atoms with Gasteiger partial charge in [-0.15, -0.1) is 0 Å². The molecule has 0 saturated heterocycles. The molecule has 0 aliphatic carbocycles. The predicted octanol–water partition coefficient (Wildman–Crippen LogP) is 13.0. The lowest BCUT2D eigenvalue weighted by Gasteiger charge is -2.33. The third-order valence-corrected chi connectivity index (χ3v) is 12.3. The van der Waals surface area contributed by atoms with Crippen LogP contribution in [0.2, 0.25) is 0 Å². The zero-order valence-electron chi connectivity index (χ0n) is 31.7. The van der Waals surface area contributed by atoms with Crippen molar-refractivity contribution in [3.63, 3.8) is 0 Å². The molecule has 274 valence electrons. The molecule has 5 heteroatoms. The molecule has 0 saturated carbocycles. The standard InChI is InChI=1S/C54H32BNO3/c1-2-15-39(38(14-1)35-24-26-44-42-18-5-9-22-49(42)57-52(44)31-35)36-29-45-43-19-6-10-23-50(43)59-55-46-30-34(25-27-51(46)58-53(32-36)54(45)55)33-12-11-13-37(28-33)56-47-20-7-3-16-40(47)41-17-4-8-21-48(41)56/h1-32H. The molecule has 0 radical (unpaired) electrons. The zero-order valence-corrected chi connectivity index (χ0v) is 31.7. The van der Waals surface area contributed by atoms with E-state index in [2.05, 4.69) is 187 Å². The van der Waals surface area contributed by atoms with Crippen LogP contribution in [-0.4, -0.2) is 11.5 Å². The summed E-state index contributed by atoms with van der Waals surface area (Å²) in [7, 11) is 0. The van der Waals surface area contributed by atoms with Gasteiger partial charge in [-0.05, 0) is 106 Å². The van der Waals surface area contributed by atoms with Crippen molar-refractivity contribution in [2.45, 2.75) is 0 Å². The summed E-state index contributed by atoms with van der Waals surface area (Å²) in [6, 6.07) is 68.9. The Morgan fingerprint density at radius 3 is 1.86 bits per heavy atom. The van der Waals surface area contributed by atoms with Gasteiger partial charge < -0.3 is 18.4 Å². The first-order valence-corrected chi connectivity index (χ1v) is 20.1. The fraction of sp³-hybridized carbons (Fsp3) is 0. The van der Waals surface area contributed by atoms with E-state index in [1.54, 1.807) is 0 Å². The van der Waals surface area contributed by atoms with Crippen LogP contribution in [0, 0.1) is 0 Å². The van der Waals surface area contributed by atoms with Crippen LogP contribution in [-0.2, 0) is 0 Å². The van der Waals surface area contributed by atoms with Gasteiger partial charge in [0.05, 0.1) is 11.0 Å². The Bertz CT molecular complexity index is 3490. The van der Waals surface area contributed by atoms with Crippen LogP contribution in [0.3, 0.4) is 0 Å². The van der Waals surface area contributed by atoms with Crippen LogP contribution in [0.15, 0.2) is 199 Å². The smallest absolute Gasteiger partial charge is 0.434 e. The van der Waals surface area contributed by atoms with E-state index in [4.69, 9.17) is 13.8 Å². The second-order valence-electron chi connectivity index (χ2n) is 15.6. The quantitative estimate of drug-likeness (QED) is 0.168. The summed E-state index contributed by atoms with van der Waals surface area (Å²) in [4.78, 5) is 0. The van der Waals surface area contributed by atoms with E-state index < -0.39 is 0 Å². The third kappa shape index (κ3) is 4.85. The van der Waals surface area contributed by atoms with Crippen molar-refractivity contribution in [2.24, 2.45) is 0 Å². The van der Waals surface area contributed by atoms with Crippen molar-refractivity contribution >= 4 is 61.6 Å². The number of furan rings is 1. The zero-order chi connectivity index (χ0) is 38.6. The molecule has 4 nitrogen and oxygen atoms in total. The lowest BCUT2D eigenvalue weighted by Crippen LogP contribution is -2.53. The lowest BCUT2D eigenvalue weighted by atomic mass is 9.50. The molecule has 2 aliphatic rings. The molecule has 9 aromatic carbocycles. The van der Waals surface area contributed by atoms with Crippen molar-refractivity contribution in [2.75, 3.05) is 0 Å². The van der Waals surface area contributed by atoms with Crippen LogP contribution in [0.25, 0.3) is 93.9 Å². The van der Waals surface area contributed by atoms with E-state index in [-0.39, 0.29) is 6.92 Å². The molecule has 13 rings (SSSR count). The normalized spacial score (nSPS) is 12.6. The molecule has 0 unspecified atom stereocenters. The van der Waals surface area contributed by atoms with E-state index in [9.17, 15) is 0 Å². The van der Waals surface area contributed by atoms with E-state index >= 15 is 0 Å². The van der Waals surface area contributed by atoms with Gasteiger partial charge in [0.25, 0.3) is 0 Å². The fourth-order valence-electron chi connectivity index (χ4n) is 9.61. The molecular formula is C54H32BNO3. The molecule has 0 atom stereocenters. The monoisotopic (exact) mass is 753 g/mol. The Morgan fingerprint density at radius 2 is 1.03 bits per heavy atom. The van der Waals surface area contributed by atoms with Crippen LogP contribution in [0.1, 0.15) is 0 Å². The molecule has 2 aliphatic heterocycles. The summed E-state index contributed by atoms with van der Waals surface area (Å²) in [5.74, 6) is 2.48. The highest BCUT2D eigenvalue weighted by Gasteiger charge is 2.41. The Labute approximate surface area is 340 Å². The van der Waals surface area contributed by atoms with Gasteiger partial charge in [-0.1, -0.05) is 127 Å². The van der Waals surface area contributed by atoms with Crippen molar-refractivity contribution in [3.05, 3.63) is 194 Å². The summed E-state index contributed by atoms with van der Waals surface area (Å²) in [5, 5.41) is 4.75. The predicted molar refractivity (Wildman–Crippen MR) is 242 cm³/mol. The number of aromatic nitrogens is 1. The minimum Gasteiger partial charge on any atom is -0.551 e. The topological polar surface area (TPSA) is 36.5 Å². The maximum atomic E-state index is 6.95. The molecule has 0 N–H and O–H groups in total. The van der Waals surface area contributed by atoms with Gasteiger partial charge in [0.15, 0.2) is 0 Å². The molecule has 0 spiro atoms. The fourth-order valence-corrected chi connectivity index (χ4v) is 9.61. The van der Waals surface area contributed by atoms with Crippen molar-refractivity contribution < 1.29 is 13.8 Å². The highest BCUT2D eigenvalue weighted by Crippen LogP contribution is 2.44. The number of hydrogen-bond acceptors (Lipinski definition) is 3. The minimum absolute atomic E-state index is 0.334. The average molecular weight is 754 g/mol. The molecule has 2 aromatic heterocycles. The highest BCUT2D eigenvalue weighted by atomic mass is 16.5. The third-order valence-electron chi connectivity index (χ3n) is 12.3. The Balaban J connectivity index is 0.929. The minimum atomic E-state index is -0.334. The Kier molecular flexibility index (Phi) is 6.78. The van der Waals surface area contributed by atoms with Gasteiger partial charge in [0.1, 0.15) is 28.4 Å². The molecule has 0 amide bonds. The molecule has 0 fully saturated rings. The van der Waals surface area contributed by atoms with Gasteiger partial charge in [-0.25, -0.2) is 0 Å². The first-order valence-electron chi connectivity index (χ1n) is 20.1. The SMILES string of the molecule is c1cc(-c2ccc3c(c2)B2Oc4ccccc4-c4cc(-c5ccccc5-c5ccc6c(c5)oc5ccccc56)cc(c42)O3)cc(-n2c3ccccc3c3ccccc32)c1. The first-order chi connectivity index (χ1) is 29.2. The van der Waals surface area contributed by atoms with Crippen LogP contribution >= 0.6 is 0 Å². The second kappa shape index (κ2) is 12.4. The maximum Gasteiger partial charge on any atom is 0.434 e. The number of ether oxygens (including phenoxy) is 1. The van der Waals surface area contributed by atoms with Gasteiger partial charge in [0.2, 0.25) is 0 Å². The Morgan fingerprint density at radius 1 is 0.373 bits per heavy atom. The number of nitrogens with zero attached hydrogens (tertiary/aromatic N) is 1. The summed E-state index contributed by atoms with van der Waals surface area (Å²) < 4.78 is 22.5. The molecule has 11 aromatic rings. The Hall–Kier alpha value is -7.76. The number of fused-ring (bicyclic) bond motifs is 10. The number of hydrogen-bond donors (Lipinski definition) is 0. The molecule has 0 bridgehead atoms. The van der Waals surface area contributed by atoms with Gasteiger partial charge in [-0.2, -0.15) is 0 Å². The van der Waals surface area contributed by atoms with Crippen molar-refractivity contribution in [3.8, 4) is 67.4 Å². The van der Waals surface area contributed by atoms with Gasteiger partial charge in [-0.3, -0.25) is 0 Å². The molecule has 4 heterocycles. The first kappa shape index (κ1) is 32.3. The molecule has 59 heavy (non-hydrogen) atoms. The summed E-state index contributed by atoms with van der Waals surface area (Å²) in [6.45, 7) is -0.334. The van der Waals surface area contributed by atoms with Gasteiger partial charge >= 0.3 is 6.92 Å². The number of benzene rings is 9. The van der Waals surface area contributed by atoms with Crippen LogP contribution in [0.5, 0.6) is 17.2 Å². The average Bonchev–Trinajstić information content (AvgIpc) is 3.84. The largest absolute Gasteiger partial charge is 0.551 e. The number of rotatable bonds is 4. The number of para-hydroxylation sites is 4.